The van der Waals surface area contributed by atoms with Gasteiger partial charge in [-0.15, -0.1) is 0 Å². The SMILES string of the molecule is CCOC(=O)N1CCN(C(=O)C(CCC(=O)OC(C)(C)C)NC(=O)c2cc(OC3(C(=O)OCC)CCC3)c3ccccc3n2)CC1. The zero-order valence-corrected chi connectivity index (χ0v) is 27.3. The molecule has 1 saturated carbocycles. The van der Waals surface area contributed by atoms with Crippen molar-refractivity contribution in [2.75, 3.05) is 39.4 Å². The number of hydrogen-bond donors (Lipinski definition) is 1. The average Bonchev–Trinajstić information content (AvgIpc) is 2.99. The van der Waals surface area contributed by atoms with Crippen LogP contribution in [0.25, 0.3) is 10.9 Å². The number of carbonyl (C=O) groups is 5. The second kappa shape index (κ2) is 14.8. The van der Waals surface area contributed by atoms with Crippen molar-refractivity contribution in [1.29, 1.82) is 0 Å². The fraction of sp³-hybridized carbons (Fsp3) is 0.576. The van der Waals surface area contributed by atoms with Crippen LogP contribution in [-0.4, -0.2) is 101 Å². The maximum atomic E-state index is 13.7. The molecule has 1 saturated heterocycles. The molecule has 2 fully saturated rings. The van der Waals surface area contributed by atoms with Gasteiger partial charge in [0.15, 0.2) is 0 Å². The summed E-state index contributed by atoms with van der Waals surface area (Å²) < 4.78 is 22.1. The molecule has 2 aromatic rings. The number of nitrogens with zero attached hydrogens (tertiary/aromatic N) is 3. The lowest BCUT2D eigenvalue weighted by molar-refractivity contribution is -0.169. The van der Waals surface area contributed by atoms with E-state index in [2.05, 4.69) is 10.3 Å². The number of amides is 3. The zero-order valence-electron chi connectivity index (χ0n) is 27.3. The number of aromatic nitrogens is 1. The molecule has 13 nitrogen and oxygen atoms in total. The highest BCUT2D eigenvalue weighted by molar-refractivity contribution is 5.99. The molecular formula is C33H44N4O9. The average molecular weight is 641 g/mol. The third-order valence-corrected chi connectivity index (χ3v) is 7.80. The molecule has 0 radical (unpaired) electrons. The Kier molecular flexibility index (Phi) is 11.1. The van der Waals surface area contributed by atoms with Crippen molar-refractivity contribution in [3.05, 3.63) is 36.0 Å². The Morgan fingerprint density at radius 3 is 2.22 bits per heavy atom. The van der Waals surface area contributed by atoms with Gasteiger partial charge in [-0.2, -0.15) is 0 Å². The Bertz CT molecular complexity index is 1440. The molecule has 46 heavy (non-hydrogen) atoms. The fourth-order valence-electron chi connectivity index (χ4n) is 5.35. The number of para-hydroxylation sites is 1. The smallest absolute Gasteiger partial charge is 0.409 e. The predicted molar refractivity (Wildman–Crippen MR) is 167 cm³/mol. The topological polar surface area (TPSA) is 154 Å². The zero-order chi connectivity index (χ0) is 33.5. The van der Waals surface area contributed by atoms with Gasteiger partial charge in [-0.1, -0.05) is 12.1 Å². The lowest BCUT2D eigenvalue weighted by Crippen LogP contribution is -2.56. The molecule has 0 spiro atoms. The maximum absolute atomic E-state index is 13.7. The summed E-state index contributed by atoms with van der Waals surface area (Å²) in [5, 5.41) is 3.39. The van der Waals surface area contributed by atoms with Gasteiger partial charge in [0, 0.05) is 44.1 Å². The van der Waals surface area contributed by atoms with E-state index in [0.717, 1.165) is 6.42 Å². The summed E-state index contributed by atoms with van der Waals surface area (Å²) in [6, 6.07) is 7.48. The molecule has 4 rings (SSSR count). The highest BCUT2D eigenvalue weighted by Crippen LogP contribution is 2.40. The molecule has 1 unspecified atom stereocenters. The van der Waals surface area contributed by atoms with Crippen molar-refractivity contribution < 1.29 is 42.9 Å². The number of pyridine rings is 1. The van der Waals surface area contributed by atoms with Crippen molar-refractivity contribution in [2.24, 2.45) is 0 Å². The molecular weight excluding hydrogens is 596 g/mol. The van der Waals surface area contributed by atoms with E-state index in [1.54, 1.807) is 57.7 Å². The predicted octanol–water partition coefficient (Wildman–Crippen LogP) is 3.62. The first kappa shape index (κ1) is 34.5. The Morgan fingerprint density at radius 1 is 0.957 bits per heavy atom. The number of carbonyl (C=O) groups excluding carboxylic acids is 5. The Labute approximate surface area is 268 Å². The van der Waals surface area contributed by atoms with Crippen LogP contribution in [0.4, 0.5) is 4.79 Å². The van der Waals surface area contributed by atoms with Gasteiger partial charge >= 0.3 is 18.0 Å². The molecule has 2 heterocycles. The van der Waals surface area contributed by atoms with Crippen molar-refractivity contribution >= 4 is 40.7 Å². The normalized spacial score (nSPS) is 16.5. The van der Waals surface area contributed by atoms with E-state index < -0.39 is 47.1 Å². The summed E-state index contributed by atoms with van der Waals surface area (Å²) in [6.45, 7) is 10.2. The van der Waals surface area contributed by atoms with E-state index in [9.17, 15) is 24.0 Å². The number of piperazine rings is 1. The minimum Gasteiger partial charge on any atom is -0.475 e. The molecule has 1 aromatic carbocycles. The molecule has 0 bridgehead atoms. The van der Waals surface area contributed by atoms with Gasteiger partial charge in [0.1, 0.15) is 23.1 Å². The van der Waals surface area contributed by atoms with Crippen LogP contribution in [-0.2, 0) is 28.6 Å². The molecule has 3 amide bonds. The van der Waals surface area contributed by atoms with E-state index >= 15 is 0 Å². The number of rotatable bonds is 11. The number of ether oxygens (including phenoxy) is 4. The summed E-state index contributed by atoms with van der Waals surface area (Å²) in [7, 11) is 0. The standard InChI is InChI=1S/C33H44N4O9/c1-6-43-30(41)33(15-10-16-33)45-26-21-25(34-23-12-9-8-11-22(23)26)28(39)35-24(13-14-27(38)46-32(3,4)5)29(40)36-17-19-37(20-18-36)31(42)44-7-2/h8-9,11-12,21,24H,6-7,10,13-20H2,1-5H3,(H,35,39). The first-order chi connectivity index (χ1) is 21.9. The molecule has 2 aliphatic rings. The highest BCUT2D eigenvalue weighted by atomic mass is 16.6. The van der Waals surface area contributed by atoms with E-state index in [1.165, 1.54) is 11.0 Å². The number of hydrogen-bond acceptors (Lipinski definition) is 10. The van der Waals surface area contributed by atoms with Crippen molar-refractivity contribution in [2.45, 2.75) is 84.0 Å². The summed E-state index contributed by atoms with van der Waals surface area (Å²) >= 11 is 0. The van der Waals surface area contributed by atoms with Gasteiger partial charge in [-0.3, -0.25) is 14.4 Å². The summed E-state index contributed by atoms with van der Waals surface area (Å²) in [6.07, 6.45) is 1.18. The van der Waals surface area contributed by atoms with Crippen LogP contribution >= 0.6 is 0 Å². The molecule has 1 aliphatic heterocycles. The third-order valence-electron chi connectivity index (χ3n) is 7.80. The van der Waals surface area contributed by atoms with Gasteiger partial charge in [0.05, 0.1) is 18.7 Å². The van der Waals surface area contributed by atoms with Gasteiger partial charge in [0.2, 0.25) is 11.5 Å². The van der Waals surface area contributed by atoms with E-state index in [0.29, 0.717) is 29.5 Å². The second-order valence-electron chi connectivity index (χ2n) is 12.4. The van der Waals surface area contributed by atoms with E-state index in [-0.39, 0.29) is 57.9 Å². The minimum absolute atomic E-state index is 0.0134. The van der Waals surface area contributed by atoms with Crippen molar-refractivity contribution in [3.63, 3.8) is 0 Å². The molecule has 250 valence electrons. The molecule has 13 heteroatoms. The van der Waals surface area contributed by atoms with E-state index in [1.807, 2.05) is 6.07 Å². The monoisotopic (exact) mass is 640 g/mol. The Hall–Kier alpha value is -4.42. The number of esters is 2. The first-order valence-corrected chi connectivity index (χ1v) is 15.8. The van der Waals surface area contributed by atoms with Gasteiger partial charge in [-0.05, 0) is 72.4 Å². The molecule has 1 N–H and O–H groups in total. The Morgan fingerprint density at radius 2 is 1.61 bits per heavy atom. The summed E-state index contributed by atoms with van der Waals surface area (Å²) in [5.41, 5.74) is -1.41. The highest BCUT2D eigenvalue weighted by Gasteiger charge is 2.48. The first-order valence-electron chi connectivity index (χ1n) is 15.8. The van der Waals surface area contributed by atoms with Crippen molar-refractivity contribution in [3.8, 4) is 5.75 Å². The van der Waals surface area contributed by atoms with Crippen LogP contribution < -0.4 is 10.1 Å². The summed E-state index contributed by atoms with van der Waals surface area (Å²) in [5.74, 6) is -1.70. The lowest BCUT2D eigenvalue weighted by atomic mass is 9.80. The van der Waals surface area contributed by atoms with E-state index in [4.69, 9.17) is 18.9 Å². The molecule has 1 aliphatic carbocycles. The molecule has 1 aromatic heterocycles. The fourth-order valence-corrected chi connectivity index (χ4v) is 5.35. The quantitative estimate of drug-likeness (QED) is 0.285. The van der Waals surface area contributed by atoms with Crippen LogP contribution in [0.15, 0.2) is 30.3 Å². The minimum atomic E-state index is -1.15. The largest absolute Gasteiger partial charge is 0.475 e. The van der Waals surface area contributed by atoms with Gasteiger partial charge in [0.25, 0.3) is 5.91 Å². The van der Waals surface area contributed by atoms with Gasteiger partial charge in [-0.25, -0.2) is 14.6 Å². The van der Waals surface area contributed by atoms with Gasteiger partial charge < -0.3 is 34.1 Å². The lowest BCUT2D eigenvalue weighted by Gasteiger charge is -2.39. The van der Waals surface area contributed by atoms with Crippen LogP contribution in [0.1, 0.15) is 77.2 Å². The van der Waals surface area contributed by atoms with Crippen LogP contribution in [0.3, 0.4) is 0 Å². The van der Waals surface area contributed by atoms with Crippen LogP contribution in [0.5, 0.6) is 5.75 Å². The number of fused-ring (bicyclic) bond motifs is 1. The third kappa shape index (κ3) is 8.43. The summed E-state index contributed by atoms with van der Waals surface area (Å²) in [4.78, 5) is 72.6. The molecule has 1 atom stereocenters. The Balaban J connectivity index is 1.57. The van der Waals surface area contributed by atoms with Crippen molar-refractivity contribution in [1.82, 2.24) is 20.1 Å². The van der Waals surface area contributed by atoms with Crippen LogP contribution in [0, 0.1) is 0 Å². The second-order valence-corrected chi connectivity index (χ2v) is 12.4. The number of nitrogens with one attached hydrogen (secondary N) is 1. The van der Waals surface area contributed by atoms with Crippen LogP contribution in [0.2, 0.25) is 0 Å². The maximum Gasteiger partial charge on any atom is 0.409 e. The number of benzene rings is 1.